The number of benzene rings is 1. The molecule has 1 aromatic carbocycles. The van der Waals surface area contributed by atoms with Crippen molar-refractivity contribution in [3.05, 3.63) is 18.2 Å². The van der Waals surface area contributed by atoms with E-state index < -0.39 is 0 Å². The van der Waals surface area contributed by atoms with Gasteiger partial charge in [0.25, 0.3) is 0 Å². The van der Waals surface area contributed by atoms with Crippen LogP contribution >= 0.6 is 24.8 Å². The maximum Gasteiger partial charge on any atom is 0.243 e. The minimum Gasteiger partial charge on any atom is -0.493 e. The molecule has 27 heavy (non-hydrogen) atoms. The number of carbonyl (C=O) groups excluding carboxylic acids is 1. The molecule has 0 spiro atoms. The Hall–Kier alpha value is -1.25. The minimum atomic E-state index is -0.331. The topological polar surface area (TPSA) is 72.1 Å². The van der Waals surface area contributed by atoms with Crippen LogP contribution in [0, 0.1) is 0 Å². The SMILES string of the molecule is CCN(CC)CCOc1cc(NC(=O)C2COCCN2)ccc1OC.Cl.Cl. The number of likely N-dealkylation sites (N-methyl/N-ethyl adjacent to an activating group) is 1. The maximum atomic E-state index is 12.3. The average molecular weight is 424 g/mol. The van der Waals surface area contributed by atoms with E-state index in [1.165, 1.54) is 0 Å². The van der Waals surface area contributed by atoms with E-state index in [-0.39, 0.29) is 36.8 Å². The Bertz CT molecular complexity index is 553. The van der Waals surface area contributed by atoms with Gasteiger partial charge in [0.1, 0.15) is 12.6 Å². The number of nitrogens with one attached hydrogen (secondary N) is 2. The Kier molecular flexibility index (Phi) is 13.2. The fourth-order valence-corrected chi connectivity index (χ4v) is 2.65. The summed E-state index contributed by atoms with van der Waals surface area (Å²) in [5.74, 6) is 1.16. The van der Waals surface area contributed by atoms with Crippen molar-refractivity contribution < 1.29 is 19.0 Å². The molecule has 1 unspecified atom stereocenters. The number of amides is 1. The van der Waals surface area contributed by atoms with Crippen LogP contribution in [0.2, 0.25) is 0 Å². The molecule has 1 amide bonds. The molecule has 0 saturated carbocycles. The van der Waals surface area contributed by atoms with E-state index in [0.29, 0.717) is 43.6 Å². The molecule has 7 nitrogen and oxygen atoms in total. The molecular weight excluding hydrogens is 393 g/mol. The first kappa shape index (κ1) is 25.8. The molecule has 1 saturated heterocycles. The van der Waals surface area contributed by atoms with Gasteiger partial charge in [0.2, 0.25) is 5.91 Å². The summed E-state index contributed by atoms with van der Waals surface area (Å²) in [7, 11) is 1.61. The average Bonchev–Trinajstić information content (AvgIpc) is 2.66. The van der Waals surface area contributed by atoms with Crippen LogP contribution in [0.4, 0.5) is 5.69 Å². The highest BCUT2D eigenvalue weighted by atomic mass is 35.5. The largest absolute Gasteiger partial charge is 0.493 e. The highest BCUT2D eigenvalue weighted by Gasteiger charge is 2.21. The number of nitrogens with zero attached hydrogens (tertiary/aromatic N) is 1. The van der Waals surface area contributed by atoms with Gasteiger partial charge in [-0.2, -0.15) is 0 Å². The van der Waals surface area contributed by atoms with E-state index in [1.54, 1.807) is 25.3 Å². The van der Waals surface area contributed by atoms with Crippen LogP contribution in [-0.4, -0.2) is 70.0 Å². The first-order chi connectivity index (χ1) is 12.2. The molecule has 1 heterocycles. The Balaban J connectivity index is 0.00000338. The van der Waals surface area contributed by atoms with Gasteiger partial charge in [-0.25, -0.2) is 0 Å². The Morgan fingerprint density at radius 1 is 1.30 bits per heavy atom. The van der Waals surface area contributed by atoms with Gasteiger partial charge in [-0.3, -0.25) is 4.79 Å². The van der Waals surface area contributed by atoms with Gasteiger partial charge in [0.15, 0.2) is 11.5 Å². The second-order valence-electron chi connectivity index (χ2n) is 5.81. The van der Waals surface area contributed by atoms with Gasteiger partial charge in [0, 0.05) is 24.8 Å². The Labute approximate surface area is 173 Å². The number of methoxy groups -OCH3 is 1. The summed E-state index contributed by atoms with van der Waals surface area (Å²) in [4.78, 5) is 14.6. The van der Waals surface area contributed by atoms with Gasteiger partial charge < -0.3 is 29.7 Å². The lowest BCUT2D eigenvalue weighted by molar-refractivity contribution is -0.120. The summed E-state index contributed by atoms with van der Waals surface area (Å²) in [6.07, 6.45) is 0. The number of carbonyl (C=O) groups is 1. The van der Waals surface area contributed by atoms with E-state index in [4.69, 9.17) is 14.2 Å². The van der Waals surface area contributed by atoms with E-state index in [9.17, 15) is 4.79 Å². The van der Waals surface area contributed by atoms with Gasteiger partial charge in [-0.1, -0.05) is 13.8 Å². The molecule has 9 heteroatoms. The van der Waals surface area contributed by atoms with Crippen molar-refractivity contribution in [3.8, 4) is 11.5 Å². The predicted octanol–water partition coefficient (Wildman–Crippen LogP) is 2.19. The van der Waals surface area contributed by atoms with E-state index in [1.807, 2.05) is 0 Å². The summed E-state index contributed by atoms with van der Waals surface area (Å²) in [5, 5.41) is 6.03. The van der Waals surface area contributed by atoms with Crippen molar-refractivity contribution in [3.63, 3.8) is 0 Å². The number of halogens is 2. The van der Waals surface area contributed by atoms with Gasteiger partial charge >= 0.3 is 0 Å². The lowest BCUT2D eigenvalue weighted by Crippen LogP contribution is -2.48. The molecule has 2 N–H and O–H groups in total. The van der Waals surface area contributed by atoms with Crippen LogP contribution in [0.1, 0.15) is 13.8 Å². The molecule has 1 aliphatic heterocycles. The minimum absolute atomic E-state index is 0. The third-order valence-corrected chi connectivity index (χ3v) is 4.23. The van der Waals surface area contributed by atoms with Gasteiger partial charge in [0.05, 0.1) is 20.3 Å². The fraction of sp³-hybridized carbons (Fsp3) is 0.611. The smallest absolute Gasteiger partial charge is 0.243 e. The molecule has 1 aliphatic rings. The van der Waals surface area contributed by atoms with Crippen molar-refractivity contribution >= 4 is 36.4 Å². The normalized spacial score (nSPS) is 16.1. The number of hydrogen-bond acceptors (Lipinski definition) is 6. The zero-order valence-electron chi connectivity index (χ0n) is 16.2. The predicted molar refractivity (Wildman–Crippen MR) is 112 cm³/mol. The van der Waals surface area contributed by atoms with Crippen molar-refractivity contribution in [2.45, 2.75) is 19.9 Å². The summed E-state index contributed by atoms with van der Waals surface area (Å²) in [6.45, 7) is 9.34. The molecule has 1 fully saturated rings. The number of morpholine rings is 1. The number of anilines is 1. The third kappa shape index (κ3) is 8.11. The number of hydrogen-bond donors (Lipinski definition) is 2. The van der Waals surface area contributed by atoms with Crippen LogP contribution < -0.4 is 20.1 Å². The van der Waals surface area contributed by atoms with Crippen molar-refractivity contribution in [2.75, 3.05) is 58.4 Å². The van der Waals surface area contributed by atoms with E-state index >= 15 is 0 Å². The fourth-order valence-electron chi connectivity index (χ4n) is 2.65. The van der Waals surface area contributed by atoms with Crippen molar-refractivity contribution in [2.24, 2.45) is 0 Å². The van der Waals surface area contributed by atoms with Crippen LogP contribution in [0.3, 0.4) is 0 Å². The molecule has 156 valence electrons. The van der Waals surface area contributed by atoms with Crippen LogP contribution in [-0.2, 0) is 9.53 Å². The molecule has 1 atom stereocenters. The van der Waals surface area contributed by atoms with Crippen molar-refractivity contribution in [1.82, 2.24) is 10.2 Å². The first-order valence-electron chi connectivity index (χ1n) is 8.83. The van der Waals surface area contributed by atoms with Crippen LogP contribution in [0.15, 0.2) is 18.2 Å². The second kappa shape index (κ2) is 13.8. The number of rotatable bonds is 9. The van der Waals surface area contributed by atoms with Crippen LogP contribution in [0.25, 0.3) is 0 Å². The lowest BCUT2D eigenvalue weighted by Gasteiger charge is -2.23. The second-order valence-corrected chi connectivity index (χ2v) is 5.81. The van der Waals surface area contributed by atoms with E-state index in [0.717, 1.165) is 19.6 Å². The van der Waals surface area contributed by atoms with Crippen molar-refractivity contribution in [1.29, 1.82) is 0 Å². The molecule has 0 radical (unpaired) electrons. The van der Waals surface area contributed by atoms with Crippen LogP contribution in [0.5, 0.6) is 11.5 Å². The van der Waals surface area contributed by atoms with E-state index in [2.05, 4.69) is 29.4 Å². The highest BCUT2D eigenvalue weighted by molar-refractivity contribution is 5.95. The summed E-state index contributed by atoms with van der Waals surface area (Å²) >= 11 is 0. The number of ether oxygens (including phenoxy) is 3. The third-order valence-electron chi connectivity index (χ3n) is 4.23. The first-order valence-corrected chi connectivity index (χ1v) is 8.83. The molecule has 1 aromatic rings. The molecule has 0 bridgehead atoms. The lowest BCUT2D eigenvalue weighted by atomic mass is 10.2. The summed E-state index contributed by atoms with van der Waals surface area (Å²) < 4.78 is 16.5. The molecular formula is C18H31Cl2N3O4. The monoisotopic (exact) mass is 423 g/mol. The molecule has 2 rings (SSSR count). The van der Waals surface area contributed by atoms with Gasteiger partial charge in [-0.15, -0.1) is 24.8 Å². The quantitative estimate of drug-likeness (QED) is 0.633. The zero-order valence-corrected chi connectivity index (χ0v) is 17.8. The standard InChI is InChI=1S/C18H29N3O4.2ClH/c1-4-21(5-2)9-11-25-17-12-14(6-7-16(17)23-3)20-18(22)15-13-24-10-8-19-15;;/h6-7,12,15,19H,4-5,8-11,13H2,1-3H3,(H,20,22);2*1H. The molecule has 0 aliphatic carbocycles. The highest BCUT2D eigenvalue weighted by Crippen LogP contribution is 2.30. The Morgan fingerprint density at radius 3 is 2.63 bits per heavy atom. The summed E-state index contributed by atoms with van der Waals surface area (Å²) in [6, 6.07) is 5.07. The van der Waals surface area contributed by atoms with Gasteiger partial charge in [-0.05, 0) is 25.2 Å². The molecule has 0 aromatic heterocycles. The zero-order chi connectivity index (χ0) is 18.1. The Morgan fingerprint density at radius 2 is 2.04 bits per heavy atom. The maximum absolute atomic E-state index is 12.3. The summed E-state index contributed by atoms with van der Waals surface area (Å²) in [5.41, 5.74) is 0.677.